The normalized spacial score (nSPS) is 20.2. The predicted molar refractivity (Wildman–Crippen MR) is 80.5 cm³/mol. The molecule has 1 aliphatic heterocycles. The van der Waals surface area contributed by atoms with Gasteiger partial charge in [-0.2, -0.15) is 0 Å². The lowest BCUT2D eigenvalue weighted by atomic mass is 10.2. The van der Waals surface area contributed by atoms with E-state index in [2.05, 4.69) is 44.8 Å². The fourth-order valence-electron chi connectivity index (χ4n) is 3.20. The van der Waals surface area contributed by atoms with Crippen molar-refractivity contribution in [1.29, 1.82) is 0 Å². The zero-order chi connectivity index (χ0) is 14.2. The molecule has 1 aliphatic carbocycles. The van der Waals surface area contributed by atoms with Gasteiger partial charge in [0.1, 0.15) is 11.9 Å². The number of benzene rings is 1. The summed E-state index contributed by atoms with van der Waals surface area (Å²) in [6.07, 6.45) is 3.87. The third kappa shape index (κ3) is 2.61. The Balaban J connectivity index is 1.48. The molecule has 0 spiro atoms. The minimum absolute atomic E-state index is 0.362. The molecule has 2 heterocycles. The van der Waals surface area contributed by atoms with Crippen LogP contribution in [0, 0.1) is 5.92 Å². The van der Waals surface area contributed by atoms with E-state index in [1.807, 2.05) is 6.20 Å². The van der Waals surface area contributed by atoms with E-state index in [-0.39, 0.29) is 6.10 Å². The predicted octanol–water partition coefficient (Wildman–Crippen LogP) is 2.34. The molecule has 1 fully saturated rings. The number of fused-ring (bicyclic) bond motifs is 1. The Kier molecular flexibility index (Phi) is 3.28. The van der Waals surface area contributed by atoms with Crippen LogP contribution in [-0.4, -0.2) is 26.1 Å². The van der Waals surface area contributed by atoms with E-state index in [0.29, 0.717) is 5.92 Å². The first-order valence-electron chi connectivity index (χ1n) is 7.80. The summed E-state index contributed by atoms with van der Waals surface area (Å²) in [5.41, 5.74) is 2.58. The zero-order valence-electron chi connectivity index (χ0n) is 12.2. The van der Waals surface area contributed by atoms with Gasteiger partial charge in [-0.05, 0) is 24.3 Å². The SMILES string of the molecule is OC(c1ncc2n1CCN(Cc1ccccc1)C2)C1CC1. The lowest BCUT2D eigenvalue weighted by molar-refractivity contribution is 0.132. The molecule has 1 atom stereocenters. The van der Waals surface area contributed by atoms with Gasteiger partial charge in [0.25, 0.3) is 0 Å². The summed E-state index contributed by atoms with van der Waals surface area (Å²) in [5.74, 6) is 1.32. The Morgan fingerprint density at radius 1 is 1.19 bits per heavy atom. The van der Waals surface area contributed by atoms with Crippen LogP contribution in [0.15, 0.2) is 36.5 Å². The third-order valence-electron chi connectivity index (χ3n) is 4.58. The van der Waals surface area contributed by atoms with Crippen molar-refractivity contribution in [2.75, 3.05) is 6.54 Å². The van der Waals surface area contributed by atoms with Crippen LogP contribution in [0.3, 0.4) is 0 Å². The molecule has 2 aliphatic rings. The van der Waals surface area contributed by atoms with Crippen molar-refractivity contribution in [2.45, 2.75) is 38.6 Å². The smallest absolute Gasteiger partial charge is 0.138 e. The second kappa shape index (κ2) is 5.28. The van der Waals surface area contributed by atoms with Gasteiger partial charge in [0.05, 0.1) is 5.69 Å². The summed E-state index contributed by atoms with van der Waals surface area (Å²) < 4.78 is 2.23. The first-order chi connectivity index (χ1) is 10.3. The van der Waals surface area contributed by atoms with Gasteiger partial charge >= 0.3 is 0 Å². The van der Waals surface area contributed by atoms with Gasteiger partial charge in [-0.15, -0.1) is 0 Å². The molecule has 2 aromatic rings. The maximum atomic E-state index is 10.3. The molecule has 4 rings (SSSR count). The van der Waals surface area contributed by atoms with Crippen LogP contribution in [0.2, 0.25) is 0 Å². The number of hydrogen-bond donors (Lipinski definition) is 1. The number of hydrogen-bond acceptors (Lipinski definition) is 3. The maximum absolute atomic E-state index is 10.3. The largest absolute Gasteiger partial charge is 0.385 e. The molecule has 0 bridgehead atoms. The van der Waals surface area contributed by atoms with Crippen LogP contribution in [0.1, 0.15) is 36.0 Å². The Hall–Kier alpha value is -1.65. The van der Waals surface area contributed by atoms with Gasteiger partial charge in [0.15, 0.2) is 0 Å². The topological polar surface area (TPSA) is 41.3 Å². The number of rotatable bonds is 4. The molecule has 1 unspecified atom stereocenters. The molecule has 1 aromatic carbocycles. The molecule has 0 amide bonds. The highest BCUT2D eigenvalue weighted by molar-refractivity contribution is 5.16. The van der Waals surface area contributed by atoms with E-state index >= 15 is 0 Å². The summed E-state index contributed by atoms with van der Waals surface area (Å²) in [5, 5.41) is 10.3. The summed E-state index contributed by atoms with van der Waals surface area (Å²) in [6.45, 7) is 3.84. The van der Waals surface area contributed by atoms with Crippen LogP contribution in [0.5, 0.6) is 0 Å². The molecule has 110 valence electrons. The Morgan fingerprint density at radius 2 is 2.00 bits per heavy atom. The summed E-state index contributed by atoms with van der Waals surface area (Å²) in [6, 6.07) is 10.6. The molecular weight excluding hydrogens is 262 g/mol. The summed E-state index contributed by atoms with van der Waals surface area (Å²) in [4.78, 5) is 6.93. The molecule has 0 radical (unpaired) electrons. The molecule has 1 N–H and O–H groups in total. The van der Waals surface area contributed by atoms with Crippen LogP contribution in [0.4, 0.5) is 0 Å². The average Bonchev–Trinajstić information content (AvgIpc) is 3.28. The fourth-order valence-corrected chi connectivity index (χ4v) is 3.20. The van der Waals surface area contributed by atoms with E-state index in [1.165, 1.54) is 11.3 Å². The average molecular weight is 283 g/mol. The van der Waals surface area contributed by atoms with Crippen molar-refractivity contribution in [1.82, 2.24) is 14.5 Å². The molecule has 21 heavy (non-hydrogen) atoms. The number of nitrogens with zero attached hydrogens (tertiary/aromatic N) is 3. The standard InChI is InChI=1S/C17H21N3O/c21-16(14-6-7-14)17-18-10-15-12-19(8-9-20(15)17)11-13-4-2-1-3-5-13/h1-5,10,14,16,21H,6-9,11-12H2. The Labute approximate surface area is 125 Å². The van der Waals surface area contributed by atoms with Gasteiger partial charge in [-0.3, -0.25) is 4.90 Å². The zero-order valence-corrected chi connectivity index (χ0v) is 12.2. The van der Waals surface area contributed by atoms with Gasteiger partial charge in [0.2, 0.25) is 0 Å². The second-order valence-electron chi connectivity index (χ2n) is 6.24. The lowest BCUT2D eigenvalue weighted by Crippen LogP contribution is -2.34. The van der Waals surface area contributed by atoms with Crippen LogP contribution >= 0.6 is 0 Å². The number of aliphatic hydroxyl groups excluding tert-OH is 1. The summed E-state index contributed by atoms with van der Waals surface area (Å²) >= 11 is 0. The second-order valence-corrected chi connectivity index (χ2v) is 6.24. The van der Waals surface area contributed by atoms with E-state index in [0.717, 1.165) is 44.8 Å². The highest BCUT2D eigenvalue weighted by Crippen LogP contribution is 2.40. The molecule has 0 saturated heterocycles. The maximum Gasteiger partial charge on any atom is 0.138 e. The molecule has 1 saturated carbocycles. The first-order valence-corrected chi connectivity index (χ1v) is 7.80. The van der Waals surface area contributed by atoms with Gasteiger partial charge in [-0.25, -0.2) is 4.98 Å². The first kappa shape index (κ1) is 13.0. The van der Waals surface area contributed by atoms with Crippen LogP contribution in [0.25, 0.3) is 0 Å². The van der Waals surface area contributed by atoms with Gasteiger partial charge in [0, 0.05) is 32.4 Å². The van der Waals surface area contributed by atoms with Crippen molar-refractivity contribution < 1.29 is 5.11 Å². The fraction of sp³-hybridized carbons (Fsp3) is 0.471. The quantitative estimate of drug-likeness (QED) is 0.936. The Morgan fingerprint density at radius 3 is 2.76 bits per heavy atom. The number of aromatic nitrogens is 2. The van der Waals surface area contributed by atoms with E-state index < -0.39 is 0 Å². The lowest BCUT2D eigenvalue weighted by Gasteiger charge is -2.29. The minimum atomic E-state index is -0.362. The molecule has 4 heteroatoms. The van der Waals surface area contributed by atoms with E-state index in [1.54, 1.807) is 0 Å². The Bertz CT molecular complexity index is 618. The van der Waals surface area contributed by atoms with E-state index in [9.17, 15) is 5.11 Å². The number of imidazole rings is 1. The van der Waals surface area contributed by atoms with Crippen molar-refractivity contribution in [3.63, 3.8) is 0 Å². The van der Waals surface area contributed by atoms with Crippen molar-refractivity contribution >= 4 is 0 Å². The van der Waals surface area contributed by atoms with Gasteiger partial charge in [-0.1, -0.05) is 30.3 Å². The highest BCUT2D eigenvalue weighted by atomic mass is 16.3. The monoisotopic (exact) mass is 283 g/mol. The van der Waals surface area contributed by atoms with E-state index in [4.69, 9.17) is 0 Å². The summed E-state index contributed by atoms with van der Waals surface area (Å²) in [7, 11) is 0. The van der Waals surface area contributed by atoms with Crippen molar-refractivity contribution in [3.8, 4) is 0 Å². The highest BCUT2D eigenvalue weighted by Gasteiger charge is 2.34. The molecule has 4 nitrogen and oxygen atoms in total. The molecular formula is C17H21N3O. The van der Waals surface area contributed by atoms with Gasteiger partial charge < -0.3 is 9.67 Å². The third-order valence-corrected chi connectivity index (χ3v) is 4.58. The van der Waals surface area contributed by atoms with Crippen LogP contribution < -0.4 is 0 Å². The number of aliphatic hydroxyl groups is 1. The molecule has 1 aromatic heterocycles. The minimum Gasteiger partial charge on any atom is -0.385 e. The van der Waals surface area contributed by atoms with Crippen LogP contribution in [-0.2, 0) is 19.6 Å². The van der Waals surface area contributed by atoms with Crippen molar-refractivity contribution in [3.05, 3.63) is 53.6 Å². The van der Waals surface area contributed by atoms with Crippen molar-refractivity contribution in [2.24, 2.45) is 5.92 Å².